The summed E-state index contributed by atoms with van der Waals surface area (Å²) in [6.45, 7) is 7.97. The largest absolute Gasteiger partial charge is 0.492 e. The van der Waals surface area contributed by atoms with E-state index in [-0.39, 0.29) is 5.91 Å². The van der Waals surface area contributed by atoms with Gasteiger partial charge in [-0.1, -0.05) is 23.2 Å². The van der Waals surface area contributed by atoms with Crippen LogP contribution in [0.25, 0.3) is 11.3 Å². The lowest BCUT2D eigenvalue weighted by Gasteiger charge is -2.27. The van der Waals surface area contributed by atoms with Crippen LogP contribution in [0.1, 0.15) is 13.8 Å². The number of hydrogen-bond acceptors (Lipinski definition) is 6. The van der Waals surface area contributed by atoms with Crippen molar-refractivity contribution in [2.24, 2.45) is 7.05 Å². The molecule has 1 aliphatic rings. The average molecular weight is 533 g/mol. The van der Waals surface area contributed by atoms with Crippen LogP contribution in [0.2, 0.25) is 10.0 Å². The highest BCUT2D eigenvalue weighted by Gasteiger charge is 2.30. The SMILES string of the molecule is Cn1ncc(Cl)c1-c1cc(NC(=O)C(C)(C)Oc2ccc(Cl)cc2)ccc1OCCN1CCOCC1. The Bertz CT molecular complexity index is 1170. The number of carbonyl (C=O) groups is 1. The van der Waals surface area contributed by atoms with Crippen LogP contribution in [0.15, 0.2) is 48.7 Å². The van der Waals surface area contributed by atoms with Crippen LogP contribution >= 0.6 is 23.2 Å². The number of halogens is 2. The lowest BCUT2D eigenvalue weighted by molar-refractivity contribution is -0.128. The number of amides is 1. The highest BCUT2D eigenvalue weighted by Crippen LogP contribution is 2.37. The zero-order valence-corrected chi connectivity index (χ0v) is 22.1. The fourth-order valence-corrected chi connectivity index (χ4v) is 4.26. The number of benzene rings is 2. The van der Waals surface area contributed by atoms with E-state index >= 15 is 0 Å². The zero-order chi connectivity index (χ0) is 25.7. The molecule has 2 aromatic carbocycles. The number of morpholine rings is 1. The van der Waals surface area contributed by atoms with Crippen molar-refractivity contribution in [3.05, 3.63) is 58.7 Å². The van der Waals surface area contributed by atoms with Crippen molar-refractivity contribution in [2.75, 3.05) is 44.8 Å². The third-order valence-corrected chi connectivity index (χ3v) is 6.42. The number of nitrogens with one attached hydrogen (secondary N) is 1. The molecule has 192 valence electrons. The van der Waals surface area contributed by atoms with Gasteiger partial charge in [-0.15, -0.1) is 0 Å². The second-order valence-corrected chi connectivity index (χ2v) is 9.84. The monoisotopic (exact) mass is 532 g/mol. The lowest BCUT2D eigenvalue weighted by Crippen LogP contribution is -2.42. The van der Waals surface area contributed by atoms with Crippen molar-refractivity contribution in [1.29, 1.82) is 0 Å². The van der Waals surface area contributed by atoms with Gasteiger partial charge in [0.2, 0.25) is 0 Å². The first-order valence-corrected chi connectivity index (χ1v) is 12.5. The molecule has 0 spiro atoms. The van der Waals surface area contributed by atoms with Gasteiger partial charge < -0.3 is 19.5 Å². The minimum absolute atomic E-state index is 0.305. The third-order valence-electron chi connectivity index (χ3n) is 5.89. The van der Waals surface area contributed by atoms with Gasteiger partial charge in [0.25, 0.3) is 5.91 Å². The molecule has 1 amide bonds. The van der Waals surface area contributed by atoms with Crippen molar-refractivity contribution in [1.82, 2.24) is 14.7 Å². The minimum atomic E-state index is -1.13. The number of rotatable bonds is 9. The minimum Gasteiger partial charge on any atom is -0.492 e. The number of hydrogen-bond donors (Lipinski definition) is 1. The molecule has 0 bridgehead atoms. The average Bonchev–Trinajstić information content (AvgIpc) is 3.19. The molecule has 3 aromatic rings. The molecule has 1 fully saturated rings. The highest BCUT2D eigenvalue weighted by atomic mass is 35.5. The first-order valence-electron chi connectivity index (χ1n) is 11.7. The molecule has 1 aromatic heterocycles. The zero-order valence-electron chi connectivity index (χ0n) is 20.6. The van der Waals surface area contributed by atoms with Crippen molar-refractivity contribution < 1.29 is 19.0 Å². The van der Waals surface area contributed by atoms with Crippen LogP contribution in [0.5, 0.6) is 11.5 Å². The number of carbonyl (C=O) groups excluding carboxylic acids is 1. The summed E-state index contributed by atoms with van der Waals surface area (Å²) in [4.78, 5) is 15.4. The second kappa shape index (κ2) is 11.5. The number of aryl methyl sites for hydroxylation is 1. The van der Waals surface area contributed by atoms with Crippen LogP contribution in [-0.4, -0.2) is 65.6 Å². The van der Waals surface area contributed by atoms with E-state index in [1.54, 1.807) is 55.1 Å². The summed E-state index contributed by atoms with van der Waals surface area (Å²) < 4.78 is 19.2. The Kier molecular flexibility index (Phi) is 8.41. The Morgan fingerprint density at radius 1 is 1.14 bits per heavy atom. The van der Waals surface area contributed by atoms with Crippen LogP contribution in [0.4, 0.5) is 5.69 Å². The lowest BCUT2D eigenvalue weighted by atomic mass is 10.1. The molecule has 0 radical (unpaired) electrons. The van der Waals surface area contributed by atoms with Crippen LogP contribution in [0.3, 0.4) is 0 Å². The van der Waals surface area contributed by atoms with Crippen LogP contribution in [-0.2, 0) is 16.6 Å². The quantitative estimate of drug-likeness (QED) is 0.422. The number of nitrogens with zero attached hydrogens (tertiary/aromatic N) is 3. The van der Waals surface area contributed by atoms with Gasteiger partial charge in [0.05, 0.1) is 30.1 Å². The molecule has 1 aliphatic heterocycles. The molecule has 10 heteroatoms. The van der Waals surface area contributed by atoms with Gasteiger partial charge in [0.1, 0.15) is 18.1 Å². The van der Waals surface area contributed by atoms with E-state index < -0.39 is 5.60 Å². The third kappa shape index (κ3) is 6.50. The van der Waals surface area contributed by atoms with E-state index in [0.29, 0.717) is 39.5 Å². The Morgan fingerprint density at radius 2 is 1.86 bits per heavy atom. The fourth-order valence-electron chi connectivity index (χ4n) is 3.87. The van der Waals surface area contributed by atoms with Crippen molar-refractivity contribution in [3.8, 4) is 22.8 Å². The summed E-state index contributed by atoms with van der Waals surface area (Å²) in [5.74, 6) is 0.898. The molecule has 8 nitrogen and oxygen atoms in total. The van der Waals surface area contributed by atoms with E-state index in [4.69, 9.17) is 37.4 Å². The van der Waals surface area contributed by atoms with Gasteiger partial charge in [0.15, 0.2) is 5.60 Å². The van der Waals surface area contributed by atoms with E-state index in [1.165, 1.54) is 0 Å². The van der Waals surface area contributed by atoms with Crippen molar-refractivity contribution in [2.45, 2.75) is 19.4 Å². The molecule has 36 heavy (non-hydrogen) atoms. The van der Waals surface area contributed by atoms with Crippen LogP contribution in [0, 0.1) is 0 Å². The molecular weight excluding hydrogens is 503 g/mol. The molecule has 0 unspecified atom stereocenters. The Morgan fingerprint density at radius 3 is 2.53 bits per heavy atom. The molecule has 1 N–H and O–H groups in total. The summed E-state index contributed by atoms with van der Waals surface area (Å²) in [6, 6.07) is 12.4. The maximum atomic E-state index is 13.1. The summed E-state index contributed by atoms with van der Waals surface area (Å²) >= 11 is 12.4. The van der Waals surface area contributed by atoms with Crippen LogP contribution < -0.4 is 14.8 Å². The van der Waals surface area contributed by atoms with E-state index in [0.717, 1.165) is 38.4 Å². The number of aromatic nitrogens is 2. The Hall–Kier alpha value is -2.78. The van der Waals surface area contributed by atoms with E-state index in [2.05, 4.69) is 15.3 Å². The molecule has 2 heterocycles. The van der Waals surface area contributed by atoms with E-state index in [1.807, 2.05) is 19.2 Å². The maximum absolute atomic E-state index is 13.1. The standard InChI is InChI=1S/C26H30Cl2N4O4/c1-26(2,36-20-7-4-18(27)5-8-20)25(33)30-19-6-9-23(35-15-12-32-10-13-34-14-11-32)21(16-19)24-22(28)17-29-31(24)3/h4-9,16-17H,10-15H2,1-3H3,(H,30,33). The summed E-state index contributed by atoms with van der Waals surface area (Å²) in [6.07, 6.45) is 1.59. The van der Waals surface area contributed by atoms with E-state index in [9.17, 15) is 4.79 Å². The molecular formula is C26H30Cl2N4O4. The molecule has 0 atom stereocenters. The highest BCUT2D eigenvalue weighted by molar-refractivity contribution is 6.33. The first kappa shape index (κ1) is 26.3. The van der Waals surface area contributed by atoms with Gasteiger partial charge in [-0.05, 0) is 56.3 Å². The van der Waals surface area contributed by atoms with Gasteiger partial charge in [-0.25, -0.2) is 0 Å². The van der Waals surface area contributed by atoms with Gasteiger partial charge in [-0.2, -0.15) is 5.10 Å². The van der Waals surface area contributed by atoms with Gasteiger partial charge in [-0.3, -0.25) is 14.4 Å². The second-order valence-electron chi connectivity index (χ2n) is 9.00. The maximum Gasteiger partial charge on any atom is 0.267 e. The predicted octanol–water partition coefficient (Wildman–Crippen LogP) is 4.90. The van der Waals surface area contributed by atoms with Gasteiger partial charge >= 0.3 is 0 Å². The number of ether oxygens (including phenoxy) is 3. The Balaban J connectivity index is 1.51. The topological polar surface area (TPSA) is 77.9 Å². The molecule has 1 saturated heterocycles. The normalized spacial score (nSPS) is 14.5. The number of anilines is 1. The first-order chi connectivity index (χ1) is 17.2. The fraction of sp³-hybridized carbons (Fsp3) is 0.385. The van der Waals surface area contributed by atoms with Gasteiger partial charge in [0, 0.05) is 43.0 Å². The molecule has 0 saturated carbocycles. The summed E-state index contributed by atoms with van der Waals surface area (Å²) in [5, 5.41) is 8.30. The summed E-state index contributed by atoms with van der Waals surface area (Å²) in [7, 11) is 1.81. The smallest absolute Gasteiger partial charge is 0.267 e. The van der Waals surface area contributed by atoms with Crippen molar-refractivity contribution >= 4 is 34.8 Å². The Labute approximate surface area is 221 Å². The predicted molar refractivity (Wildman–Crippen MR) is 141 cm³/mol. The summed E-state index contributed by atoms with van der Waals surface area (Å²) in [5.41, 5.74) is 0.883. The van der Waals surface area contributed by atoms with Crippen molar-refractivity contribution in [3.63, 3.8) is 0 Å². The molecule has 0 aliphatic carbocycles. The molecule has 4 rings (SSSR count).